The Kier molecular flexibility index (Phi) is 4.40. The highest BCUT2D eigenvalue weighted by molar-refractivity contribution is 6.54. The van der Waals surface area contributed by atoms with Crippen LogP contribution in [0.4, 0.5) is 10.2 Å². The molecule has 7 nitrogen and oxygen atoms in total. The van der Waals surface area contributed by atoms with E-state index in [-0.39, 0.29) is 23.5 Å². The predicted molar refractivity (Wildman–Crippen MR) is 108 cm³/mol. The van der Waals surface area contributed by atoms with Crippen LogP contribution in [-0.4, -0.2) is 69.7 Å². The summed E-state index contributed by atoms with van der Waals surface area (Å²) in [5.41, 5.74) is 0.797. The van der Waals surface area contributed by atoms with Crippen molar-refractivity contribution in [2.75, 3.05) is 11.9 Å². The third-order valence-electron chi connectivity index (χ3n) is 4.67. The first-order chi connectivity index (χ1) is 13.6. The van der Waals surface area contributed by atoms with Crippen LogP contribution >= 0.6 is 0 Å². The largest absolute Gasteiger partial charge is 0.506 e. The van der Waals surface area contributed by atoms with Crippen LogP contribution in [-0.2, 0) is 6.54 Å². The number of benzene rings is 1. The molecule has 1 N–H and O–H groups in total. The van der Waals surface area contributed by atoms with Crippen molar-refractivity contribution < 1.29 is 13.9 Å². The van der Waals surface area contributed by atoms with Gasteiger partial charge in [-0.25, -0.2) is 13.9 Å². The molecule has 1 aromatic carbocycles. The Morgan fingerprint density at radius 1 is 1.24 bits per heavy atom. The maximum atomic E-state index is 13.9. The number of ether oxygens (including phenoxy) is 1. The highest BCUT2D eigenvalue weighted by atomic mass is 19.1. The van der Waals surface area contributed by atoms with Gasteiger partial charge in [0.15, 0.2) is 5.65 Å². The minimum absolute atomic E-state index is 0.110. The summed E-state index contributed by atoms with van der Waals surface area (Å²) >= 11 is 0. The first-order valence-electron chi connectivity index (χ1n) is 8.58. The highest BCUT2D eigenvalue weighted by Gasteiger charge is 2.39. The minimum atomic E-state index is -2.24. The van der Waals surface area contributed by atoms with Gasteiger partial charge in [0.2, 0.25) is 0 Å². The number of nitrogens with one attached hydrogen (secondary N) is 1. The molecule has 12 heteroatoms. The van der Waals surface area contributed by atoms with E-state index in [0.29, 0.717) is 11.4 Å². The van der Waals surface area contributed by atoms with Crippen molar-refractivity contribution in [2.45, 2.75) is 17.3 Å². The quantitative estimate of drug-likeness (QED) is 0.538. The zero-order valence-electron chi connectivity index (χ0n) is 15.5. The normalized spacial score (nSPS) is 18.1. The lowest BCUT2D eigenvalue weighted by Gasteiger charge is -2.45. The van der Waals surface area contributed by atoms with Crippen molar-refractivity contribution in [1.29, 1.82) is 0 Å². The van der Waals surface area contributed by atoms with E-state index in [0.717, 1.165) is 0 Å². The first kappa shape index (κ1) is 19.4. The number of fused-ring (bicyclic) bond motifs is 2. The Hall–Kier alpha value is -2.90. The molecule has 0 saturated carbocycles. The molecule has 29 heavy (non-hydrogen) atoms. The standard InChI is InChI=1S/C17H12B4FN5O2/c1-26-8-9-6-10(22)2-3-12(9)29-17(20,21)16(18,19)25-15(28)11-7-23-27-5-4-13(26)24-14(11)27/h2-7H,8H2,1H3,(H,25,28). The highest BCUT2D eigenvalue weighted by Crippen LogP contribution is 2.28. The third kappa shape index (κ3) is 3.36. The molecule has 0 spiro atoms. The third-order valence-corrected chi connectivity index (χ3v) is 4.67. The molecule has 1 aliphatic heterocycles. The second-order valence-corrected chi connectivity index (χ2v) is 6.94. The van der Waals surface area contributed by atoms with Crippen LogP contribution in [0, 0.1) is 5.82 Å². The summed E-state index contributed by atoms with van der Waals surface area (Å²) in [4.78, 5) is 19.0. The summed E-state index contributed by atoms with van der Waals surface area (Å²) in [6.45, 7) is 0.194. The van der Waals surface area contributed by atoms with E-state index < -0.39 is 22.5 Å². The van der Waals surface area contributed by atoms with Gasteiger partial charge in [0, 0.05) is 30.8 Å². The summed E-state index contributed by atoms with van der Waals surface area (Å²) < 4.78 is 20.9. The van der Waals surface area contributed by atoms with E-state index in [4.69, 9.17) is 36.1 Å². The minimum Gasteiger partial charge on any atom is -0.506 e. The van der Waals surface area contributed by atoms with Gasteiger partial charge in [0.05, 0.1) is 21.9 Å². The fourth-order valence-electron chi connectivity index (χ4n) is 2.96. The van der Waals surface area contributed by atoms with E-state index >= 15 is 0 Å². The Morgan fingerprint density at radius 2 is 2.00 bits per heavy atom. The Bertz CT molecular complexity index is 1120. The number of anilines is 1. The second kappa shape index (κ2) is 6.57. The monoisotopic (exact) mass is 381 g/mol. The molecule has 0 saturated heterocycles. The molecule has 4 rings (SSSR count). The number of hydrogen-bond acceptors (Lipinski definition) is 5. The smallest absolute Gasteiger partial charge is 0.255 e. The summed E-state index contributed by atoms with van der Waals surface area (Å²) in [5, 5.41) is 2.01. The Balaban J connectivity index is 1.91. The number of nitrogens with zero attached hydrogens (tertiary/aromatic N) is 4. The second-order valence-electron chi connectivity index (χ2n) is 6.94. The molecule has 8 radical (unpaired) electrons. The Morgan fingerprint density at radius 3 is 2.76 bits per heavy atom. The number of rotatable bonds is 0. The lowest BCUT2D eigenvalue weighted by Crippen LogP contribution is -2.69. The average Bonchev–Trinajstić information content (AvgIpc) is 3.06. The van der Waals surface area contributed by atoms with Crippen molar-refractivity contribution in [2.24, 2.45) is 0 Å². The lowest BCUT2D eigenvalue weighted by molar-refractivity contribution is 0.0910. The topological polar surface area (TPSA) is 71.8 Å². The van der Waals surface area contributed by atoms with Gasteiger partial charge < -0.3 is 15.0 Å². The molecule has 3 heterocycles. The molecule has 1 aliphatic rings. The number of aromatic nitrogens is 3. The van der Waals surface area contributed by atoms with Crippen LogP contribution in [0.5, 0.6) is 5.75 Å². The number of carbonyl (C=O) groups is 1. The number of hydrogen-bond donors (Lipinski definition) is 1. The fourth-order valence-corrected chi connectivity index (χ4v) is 2.96. The average molecular weight is 381 g/mol. The SMILES string of the molecule is [B]C1([B])NC(=O)c2cnn3ccc(nc23)N(C)Cc2cc(F)ccc2OC1([B])[B]. The maximum absolute atomic E-state index is 13.9. The lowest BCUT2D eigenvalue weighted by atomic mass is 9.40. The molecule has 0 atom stereocenters. The van der Waals surface area contributed by atoms with Gasteiger partial charge in [-0.15, -0.1) is 0 Å². The van der Waals surface area contributed by atoms with Crippen LogP contribution in [0.15, 0.2) is 36.7 Å². The number of halogens is 1. The Labute approximate surface area is 171 Å². The molecule has 1 amide bonds. The molecule has 0 fully saturated rings. The molecule has 136 valence electrons. The van der Waals surface area contributed by atoms with E-state index in [1.54, 1.807) is 24.2 Å². The van der Waals surface area contributed by atoms with E-state index in [9.17, 15) is 9.18 Å². The summed E-state index contributed by atoms with van der Waals surface area (Å²) in [5.74, 6) is -0.507. The maximum Gasteiger partial charge on any atom is 0.255 e. The van der Waals surface area contributed by atoms with Crippen LogP contribution in [0.1, 0.15) is 15.9 Å². The summed E-state index contributed by atoms with van der Waals surface area (Å²) in [6.07, 6.45) is 2.96. The van der Waals surface area contributed by atoms with Gasteiger partial charge in [-0.1, -0.05) is 0 Å². The molecular formula is C17H12B4FN5O2. The summed E-state index contributed by atoms with van der Waals surface area (Å²) in [6, 6.07) is 5.52. The zero-order chi connectivity index (χ0) is 21.0. The van der Waals surface area contributed by atoms with Gasteiger partial charge in [-0.05, 0) is 29.6 Å². The van der Waals surface area contributed by atoms with Gasteiger partial charge in [0.1, 0.15) is 38.6 Å². The summed E-state index contributed by atoms with van der Waals surface area (Å²) in [7, 11) is 25.8. The van der Waals surface area contributed by atoms with E-state index in [1.165, 1.54) is 28.9 Å². The van der Waals surface area contributed by atoms with Crippen LogP contribution in [0.25, 0.3) is 5.65 Å². The van der Waals surface area contributed by atoms with Gasteiger partial charge in [-0.2, -0.15) is 5.10 Å². The van der Waals surface area contributed by atoms with Gasteiger partial charge in [-0.3, -0.25) is 4.79 Å². The predicted octanol–water partition coefficient (Wildman–Crippen LogP) is -0.391. The van der Waals surface area contributed by atoms with Crippen molar-refractivity contribution in [3.63, 3.8) is 0 Å². The van der Waals surface area contributed by atoms with Crippen molar-refractivity contribution in [3.8, 4) is 5.75 Å². The fraction of sp³-hybridized carbons (Fsp3) is 0.235. The van der Waals surface area contributed by atoms with Crippen LogP contribution < -0.4 is 15.0 Å². The van der Waals surface area contributed by atoms with Crippen molar-refractivity contribution in [1.82, 2.24) is 19.9 Å². The van der Waals surface area contributed by atoms with Gasteiger partial charge in [0.25, 0.3) is 5.91 Å². The molecule has 0 aliphatic carbocycles. The van der Waals surface area contributed by atoms with Crippen LogP contribution in [0.3, 0.4) is 0 Å². The van der Waals surface area contributed by atoms with E-state index in [2.05, 4.69) is 15.4 Å². The number of carbonyl (C=O) groups excluding carboxylic acids is 1. The van der Waals surface area contributed by atoms with Gasteiger partial charge >= 0.3 is 0 Å². The first-order valence-corrected chi connectivity index (χ1v) is 8.58. The van der Waals surface area contributed by atoms with Crippen molar-refractivity contribution in [3.05, 3.63) is 53.6 Å². The molecular weight excluding hydrogens is 368 g/mol. The number of amides is 1. The molecule has 2 bridgehead atoms. The van der Waals surface area contributed by atoms with Crippen LogP contribution in [0.2, 0.25) is 0 Å². The van der Waals surface area contributed by atoms with Crippen molar-refractivity contribution >= 4 is 48.8 Å². The van der Waals surface area contributed by atoms with E-state index in [1.807, 2.05) is 0 Å². The molecule has 0 unspecified atom stereocenters. The molecule has 3 aromatic rings. The zero-order valence-corrected chi connectivity index (χ0v) is 15.5. The molecule has 2 aromatic heterocycles.